The summed E-state index contributed by atoms with van der Waals surface area (Å²) in [4.78, 5) is 23.8. The van der Waals surface area contributed by atoms with Gasteiger partial charge in [0.05, 0.1) is 16.2 Å². The maximum atomic E-state index is 12.5. The Morgan fingerprint density at radius 2 is 1.96 bits per heavy atom. The number of nitro groups is 1. The van der Waals surface area contributed by atoms with Crippen molar-refractivity contribution in [3.05, 3.63) is 68.2 Å². The summed E-state index contributed by atoms with van der Waals surface area (Å²) in [7, 11) is 0. The summed E-state index contributed by atoms with van der Waals surface area (Å²) >= 11 is 4.03. The van der Waals surface area contributed by atoms with E-state index in [1.807, 2.05) is 25.1 Å². The molecule has 0 saturated carbocycles. The SMILES string of the molecule is CC1=C(C(=O)OCCS)C(c2ccccc2C)C([N+](=O)[O-])=C(C)N1. The molecule has 24 heavy (non-hydrogen) atoms. The first-order chi connectivity index (χ1) is 11.4. The van der Waals surface area contributed by atoms with E-state index in [9.17, 15) is 14.9 Å². The number of esters is 1. The van der Waals surface area contributed by atoms with Gasteiger partial charge in [-0.2, -0.15) is 12.6 Å². The van der Waals surface area contributed by atoms with Crippen LogP contribution < -0.4 is 5.32 Å². The first kappa shape index (κ1) is 18.1. The fraction of sp³-hybridized carbons (Fsp3) is 0.353. The summed E-state index contributed by atoms with van der Waals surface area (Å²) in [6, 6.07) is 7.35. The lowest BCUT2D eigenvalue weighted by molar-refractivity contribution is -0.431. The molecule has 0 spiro atoms. The average molecular weight is 348 g/mol. The number of ether oxygens (including phenoxy) is 1. The van der Waals surface area contributed by atoms with Crippen molar-refractivity contribution < 1.29 is 14.5 Å². The van der Waals surface area contributed by atoms with Gasteiger partial charge in [0.1, 0.15) is 12.5 Å². The van der Waals surface area contributed by atoms with Crippen molar-refractivity contribution in [2.45, 2.75) is 26.7 Å². The van der Waals surface area contributed by atoms with E-state index in [-0.39, 0.29) is 17.9 Å². The van der Waals surface area contributed by atoms with E-state index in [1.165, 1.54) is 0 Å². The highest BCUT2D eigenvalue weighted by atomic mass is 32.1. The first-order valence-electron chi connectivity index (χ1n) is 7.55. The molecule has 0 fully saturated rings. The number of benzene rings is 1. The van der Waals surface area contributed by atoms with Gasteiger partial charge in [0, 0.05) is 11.4 Å². The number of aryl methyl sites for hydroxylation is 1. The zero-order chi connectivity index (χ0) is 17.9. The van der Waals surface area contributed by atoms with Crippen LogP contribution in [0.1, 0.15) is 30.9 Å². The normalized spacial score (nSPS) is 17.6. The summed E-state index contributed by atoms with van der Waals surface area (Å²) in [5, 5.41) is 14.6. The summed E-state index contributed by atoms with van der Waals surface area (Å²) in [5.41, 5.74) is 2.83. The predicted molar refractivity (Wildman–Crippen MR) is 94.3 cm³/mol. The number of carbonyl (C=O) groups is 1. The van der Waals surface area contributed by atoms with Crippen molar-refractivity contribution in [3.63, 3.8) is 0 Å². The Morgan fingerprint density at radius 1 is 1.29 bits per heavy atom. The van der Waals surface area contributed by atoms with Crippen LogP contribution in [0.3, 0.4) is 0 Å². The van der Waals surface area contributed by atoms with Crippen LogP contribution in [0.15, 0.2) is 46.9 Å². The van der Waals surface area contributed by atoms with Crippen molar-refractivity contribution in [2.24, 2.45) is 0 Å². The Hall–Kier alpha value is -2.28. The molecular weight excluding hydrogens is 328 g/mol. The third kappa shape index (κ3) is 3.46. The Kier molecular flexibility index (Phi) is 5.66. The summed E-state index contributed by atoms with van der Waals surface area (Å²) in [6.45, 7) is 5.39. The minimum absolute atomic E-state index is 0.0345. The van der Waals surface area contributed by atoms with Crippen LogP contribution >= 0.6 is 12.6 Å². The molecule has 0 radical (unpaired) electrons. The van der Waals surface area contributed by atoms with Crippen LogP contribution in [0.4, 0.5) is 0 Å². The standard InChI is InChI=1S/C17H20N2O4S/c1-10-6-4-5-7-13(10)15-14(17(20)23-8-9-24)11(2)18-12(3)16(15)19(21)22/h4-7,15,18,24H,8-9H2,1-3H3. The predicted octanol–water partition coefficient (Wildman–Crippen LogP) is 2.94. The van der Waals surface area contributed by atoms with E-state index in [4.69, 9.17) is 4.74 Å². The smallest absolute Gasteiger partial charge is 0.337 e. The molecule has 1 aromatic rings. The lowest BCUT2D eigenvalue weighted by Crippen LogP contribution is -2.32. The maximum absolute atomic E-state index is 12.5. The number of hydrogen-bond donors (Lipinski definition) is 2. The van der Waals surface area contributed by atoms with Gasteiger partial charge in [-0.3, -0.25) is 10.1 Å². The number of carbonyl (C=O) groups excluding carboxylic acids is 1. The molecule has 0 bridgehead atoms. The number of nitrogens with zero attached hydrogens (tertiary/aromatic N) is 1. The van der Waals surface area contributed by atoms with Gasteiger partial charge in [0.2, 0.25) is 0 Å². The van der Waals surface area contributed by atoms with Crippen LogP contribution in [0.2, 0.25) is 0 Å². The van der Waals surface area contributed by atoms with E-state index < -0.39 is 16.8 Å². The lowest BCUT2D eigenvalue weighted by atomic mass is 9.82. The van der Waals surface area contributed by atoms with Crippen molar-refractivity contribution >= 4 is 18.6 Å². The monoisotopic (exact) mass is 348 g/mol. The zero-order valence-electron chi connectivity index (χ0n) is 13.8. The molecule has 7 heteroatoms. The summed E-state index contributed by atoms with van der Waals surface area (Å²) < 4.78 is 5.20. The third-order valence-corrected chi connectivity index (χ3v) is 4.15. The fourth-order valence-electron chi connectivity index (χ4n) is 2.93. The van der Waals surface area contributed by atoms with Crippen LogP contribution in [-0.2, 0) is 9.53 Å². The molecule has 1 N–H and O–H groups in total. The second-order valence-electron chi connectivity index (χ2n) is 5.58. The highest BCUT2D eigenvalue weighted by Gasteiger charge is 2.41. The molecule has 6 nitrogen and oxygen atoms in total. The number of allylic oxidation sites excluding steroid dienone is 3. The molecule has 0 aliphatic carbocycles. The van der Waals surface area contributed by atoms with Gasteiger partial charge in [-0.25, -0.2) is 4.79 Å². The molecule has 1 aliphatic heterocycles. The molecule has 0 aromatic heterocycles. The quantitative estimate of drug-likeness (QED) is 0.370. The summed E-state index contributed by atoms with van der Waals surface area (Å²) in [5.74, 6) is -0.943. The largest absolute Gasteiger partial charge is 0.461 e. The van der Waals surface area contributed by atoms with Gasteiger partial charge in [-0.05, 0) is 31.9 Å². The summed E-state index contributed by atoms with van der Waals surface area (Å²) in [6.07, 6.45) is 0. The fourth-order valence-corrected chi connectivity index (χ4v) is 3.02. The van der Waals surface area contributed by atoms with Crippen molar-refractivity contribution in [1.29, 1.82) is 0 Å². The second-order valence-corrected chi connectivity index (χ2v) is 6.03. The second kappa shape index (κ2) is 7.53. The van der Waals surface area contributed by atoms with Crippen LogP contribution in [0, 0.1) is 17.0 Å². The van der Waals surface area contributed by atoms with Gasteiger partial charge in [-0.15, -0.1) is 0 Å². The van der Waals surface area contributed by atoms with Crippen LogP contribution in [-0.4, -0.2) is 23.3 Å². The van der Waals surface area contributed by atoms with Crippen molar-refractivity contribution in [2.75, 3.05) is 12.4 Å². The topological polar surface area (TPSA) is 81.5 Å². The highest BCUT2D eigenvalue weighted by Crippen LogP contribution is 2.39. The van der Waals surface area contributed by atoms with Gasteiger partial charge in [0.15, 0.2) is 0 Å². The minimum Gasteiger partial charge on any atom is -0.461 e. The number of nitrogens with one attached hydrogen (secondary N) is 1. The molecule has 1 aliphatic rings. The van der Waals surface area contributed by atoms with E-state index in [0.29, 0.717) is 17.1 Å². The molecule has 1 atom stereocenters. The average Bonchev–Trinajstić information content (AvgIpc) is 2.52. The number of hydrogen-bond acceptors (Lipinski definition) is 6. The minimum atomic E-state index is -0.769. The van der Waals surface area contributed by atoms with Crippen LogP contribution in [0.5, 0.6) is 0 Å². The van der Waals surface area contributed by atoms with Crippen molar-refractivity contribution in [1.82, 2.24) is 5.32 Å². The Balaban J connectivity index is 2.62. The molecule has 0 saturated heterocycles. The molecule has 2 rings (SSSR count). The highest BCUT2D eigenvalue weighted by molar-refractivity contribution is 7.80. The Bertz CT molecular complexity index is 740. The van der Waals surface area contributed by atoms with E-state index in [1.54, 1.807) is 19.9 Å². The molecule has 0 amide bonds. The Morgan fingerprint density at radius 3 is 2.54 bits per heavy atom. The molecular formula is C17H20N2O4S. The molecule has 1 heterocycles. The zero-order valence-corrected chi connectivity index (χ0v) is 14.7. The lowest BCUT2D eigenvalue weighted by Gasteiger charge is -2.27. The van der Waals surface area contributed by atoms with E-state index >= 15 is 0 Å². The van der Waals surface area contributed by atoms with Gasteiger partial charge in [-0.1, -0.05) is 24.3 Å². The van der Waals surface area contributed by atoms with E-state index in [2.05, 4.69) is 17.9 Å². The van der Waals surface area contributed by atoms with Gasteiger partial charge >= 0.3 is 5.97 Å². The number of thiol groups is 1. The maximum Gasteiger partial charge on any atom is 0.337 e. The molecule has 128 valence electrons. The number of dihydropyridines is 1. The van der Waals surface area contributed by atoms with Crippen LogP contribution in [0.25, 0.3) is 0 Å². The molecule has 1 unspecified atom stereocenters. The Labute approximate surface area is 146 Å². The van der Waals surface area contributed by atoms with Gasteiger partial charge < -0.3 is 10.1 Å². The van der Waals surface area contributed by atoms with E-state index in [0.717, 1.165) is 11.1 Å². The number of rotatable bonds is 5. The van der Waals surface area contributed by atoms with Gasteiger partial charge in [0.25, 0.3) is 5.70 Å². The molecule has 1 aromatic carbocycles. The first-order valence-corrected chi connectivity index (χ1v) is 8.18. The van der Waals surface area contributed by atoms with Crippen molar-refractivity contribution in [3.8, 4) is 0 Å². The third-order valence-electron chi connectivity index (χ3n) is 3.97.